The zero-order chi connectivity index (χ0) is 23.3. The van der Waals surface area contributed by atoms with Crippen LogP contribution in [0, 0.1) is 10.1 Å². The molecule has 0 atom stereocenters. The normalized spacial score (nSPS) is 11.4. The molecule has 0 saturated heterocycles. The monoisotopic (exact) mass is 465 g/mol. The molecule has 0 aliphatic carbocycles. The van der Waals surface area contributed by atoms with Crippen LogP contribution in [0.25, 0.3) is 0 Å². The molecule has 0 bridgehead atoms. The van der Waals surface area contributed by atoms with Crippen molar-refractivity contribution in [3.63, 3.8) is 0 Å². The van der Waals surface area contributed by atoms with Gasteiger partial charge in [0.1, 0.15) is 5.82 Å². The Kier molecular flexibility index (Phi) is 7.13. The maximum Gasteiger partial charge on any atom is 0.416 e. The van der Waals surface area contributed by atoms with Crippen molar-refractivity contribution in [3.05, 3.63) is 75.6 Å². The molecule has 1 heterocycles. The van der Waals surface area contributed by atoms with E-state index in [1.165, 1.54) is 6.92 Å². The number of hydrogen-bond acceptors (Lipinski definition) is 6. The second-order valence-corrected chi connectivity index (χ2v) is 7.75. The van der Waals surface area contributed by atoms with E-state index in [-0.39, 0.29) is 16.0 Å². The minimum atomic E-state index is -4.70. The molecule has 0 aliphatic rings. The maximum absolute atomic E-state index is 13.0. The molecule has 1 amide bonds. The topological polar surface area (TPSA) is 103 Å². The van der Waals surface area contributed by atoms with Crippen LogP contribution >= 0.6 is 11.8 Å². The van der Waals surface area contributed by atoms with Gasteiger partial charge in [-0.05, 0) is 29.5 Å². The van der Waals surface area contributed by atoms with E-state index in [0.29, 0.717) is 31.4 Å². The number of carbonyl (C=O) groups excluding carboxylic acids is 1. The number of benzene rings is 2. The summed E-state index contributed by atoms with van der Waals surface area (Å²) in [6.07, 6.45) is -4.34. The van der Waals surface area contributed by atoms with Crippen molar-refractivity contribution in [3.8, 4) is 0 Å². The molecule has 0 saturated carbocycles. The van der Waals surface area contributed by atoms with E-state index in [9.17, 15) is 28.1 Å². The summed E-state index contributed by atoms with van der Waals surface area (Å²) in [5.74, 6) is 0.328. The van der Waals surface area contributed by atoms with Gasteiger partial charge in [0, 0.05) is 26.0 Å². The lowest BCUT2D eigenvalue weighted by Crippen LogP contribution is -2.23. The van der Waals surface area contributed by atoms with E-state index >= 15 is 0 Å². The van der Waals surface area contributed by atoms with Crippen LogP contribution in [0.15, 0.2) is 58.6 Å². The molecule has 0 aliphatic heterocycles. The first-order valence-electron chi connectivity index (χ1n) is 9.39. The lowest BCUT2D eigenvalue weighted by atomic mass is 10.2. The zero-order valence-electron chi connectivity index (χ0n) is 16.8. The second kappa shape index (κ2) is 9.81. The first-order chi connectivity index (χ1) is 15.1. The standard InChI is InChI=1S/C20H18F3N5O3S/c1-13(29)24-10-9-18-25-26-19(27(18)12-14-5-3-2-4-6-14)32-17-8-7-15(20(21,22)23)11-16(17)28(30)31/h2-8,11H,9-10,12H2,1H3,(H,24,29). The fraction of sp³-hybridized carbons (Fsp3) is 0.250. The van der Waals surface area contributed by atoms with Gasteiger partial charge in [0.05, 0.1) is 21.9 Å². The first kappa shape index (κ1) is 23.3. The molecule has 3 rings (SSSR count). The fourth-order valence-corrected chi connectivity index (χ4v) is 3.81. The Bertz CT molecular complexity index is 1120. The molecule has 3 aromatic rings. The largest absolute Gasteiger partial charge is 0.416 e. The van der Waals surface area contributed by atoms with Crippen LogP contribution in [0.2, 0.25) is 0 Å². The quantitative estimate of drug-likeness (QED) is 0.397. The van der Waals surface area contributed by atoms with Gasteiger partial charge in [0.15, 0.2) is 5.16 Å². The zero-order valence-corrected chi connectivity index (χ0v) is 17.6. The summed E-state index contributed by atoms with van der Waals surface area (Å²) in [4.78, 5) is 21.7. The highest BCUT2D eigenvalue weighted by Crippen LogP contribution is 2.39. The fourth-order valence-electron chi connectivity index (χ4n) is 2.88. The van der Waals surface area contributed by atoms with Gasteiger partial charge in [0.2, 0.25) is 5.91 Å². The Balaban J connectivity index is 1.95. The van der Waals surface area contributed by atoms with Gasteiger partial charge in [-0.3, -0.25) is 14.9 Å². The van der Waals surface area contributed by atoms with E-state index in [2.05, 4.69) is 15.5 Å². The molecule has 2 aromatic carbocycles. The van der Waals surface area contributed by atoms with Crippen molar-refractivity contribution < 1.29 is 22.9 Å². The Morgan fingerprint density at radius 3 is 2.53 bits per heavy atom. The molecule has 0 spiro atoms. The third kappa shape index (κ3) is 5.84. The van der Waals surface area contributed by atoms with Crippen molar-refractivity contribution in [1.82, 2.24) is 20.1 Å². The predicted molar refractivity (Wildman–Crippen MR) is 110 cm³/mol. The van der Waals surface area contributed by atoms with E-state index in [1.807, 2.05) is 30.3 Å². The lowest BCUT2D eigenvalue weighted by molar-refractivity contribution is -0.388. The summed E-state index contributed by atoms with van der Waals surface area (Å²) < 4.78 is 40.7. The number of nitrogens with zero attached hydrogens (tertiary/aromatic N) is 4. The van der Waals surface area contributed by atoms with E-state index < -0.39 is 22.4 Å². The van der Waals surface area contributed by atoms with Crippen LogP contribution in [0.3, 0.4) is 0 Å². The van der Waals surface area contributed by atoms with Crippen molar-refractivity contribution in [2.75, 3.05) is 6.54 Å². The number of rotatable bonds is 8. The molecule has 1 N–H and O–H groups in total. The van der Waals surface area contributed by atoms with E-state index in [1.54, 1.807) is 4.57 Å². The Morgan fingerprint density at radius 2 is 1.91 bits per heavy atom. The van der Waals surface area contributed by atoms with Crippen molar-refractivity contribution >= 4 is 23.4 Å². The van der Waals surface area contributed by atoms with Crippen LogP contribution < -0.4 is 5.32 Å². The Labute approximate surface area is 185 Å². The number of nitrogens with one attached hydrogen (secondary N) is 1. The van der Waals surface area contributed by atoms with Gasteiger partial charge in [-0.25, -0.2) is 0 Å². The van der Waals surface area contributed by atoms with Crippen LogP contribution in [0.4, 0.5) is 18.9 Å². The summed E-state index contributed by atoms with van der Waals surface area (Å²) >= 11 is 0.861. The molecule has 0 unspecified atom stereocenters. The minimum Gasteiger partial charge on any atom is -0.356 e. The van der Waals surface area contributed by atoms with E-state index in [4.69, 9.17) is 0 Å². The average Bonchev–Trinajstić information content (AvgIpc) is 3.09. The highest BCUT2D eigenvalue weighted by molar-refractivity contribution is 7.99. The molecule has 0 radical (unpaired) electrons. The average molecular weight is 465 g/mol. The second-order valence-electron chi connectivity index (χ2n) is 6.74. The number of nitro benzene ring substituents is 1. The number of hydrogen-bond donors (Lipinski definition) is 1. The highest BCUT2D eigenvalue weighted by atomic mass is 32.2. The Morgan fingerprint density at radius 1 is 1.19 bits per heavy atom. The highest BCUT2D eigenvalue weighted by Gasteiger charge is 2.33. The number of aromatic nitrogens is 3. The van der Waals surface area contributed by atoms with Crippen molar-refractivity contribution in [1.29, 1.82) is 0 Å². The summed E-state index contributed by atoms with van der Waals surface area (Å²) in [7, 11) is 0. The van der Waals surface area contributed by atoms with Crippen LogP contribution in [-0.2, 0) is 23.9 Å². The number of carbonyl (C=O) groups is 1. The number of halogens is 3. The minimum absolute atomic E-state index is 0.0122. The van der Waals surface area contributed by atoms with Gasteiger partial charge in [-0.1, -0.05) is 30.3 Å². The molecule has 12 heteroatoms. The molecular formula is C20H18F3N5O3S. The molecule has 0 fully saturated rings. The molecule has 1 aromatic heterocycles. The summed E-state index contributed by atoms with van der Waals surface area (Å²) in [6, 6.07) is 11.7. The Hall–Kier alpha value is -3.41. The SMILES string of the molecule is CC(=O)NCCc1nnc(Sc2ccc(C(F)(F)F)cc2[N+](=O)[O-])n1Cc1ccccc1. The first-order valence-corrected chi connectivity index (χ1v) is 10.2. The van der Waals surface area contributed by atoms with Gasteiger partial charge in [0.25, 0.3) is 5.69 Å². The van der Waals surface area contributed by atoms with E-state index in [0.717, 1.165) is 29.5 Å². The third-order valence-electron chi connectivity index (χ3n) is 4.38. The molecule has 168 valence electrons. The molecule has 32 heavy (non-hydrogen) atoms. The number of amides is 1. The molecule has 8 nitrogen and oxygen atoms in total. The summed E-state index contributed by atoms with van der Waals surface area (Å²) in [6.45, 7) is 2.05. The maximum atomic E-state index is 13.0. The summed E-state index contributed by atoms with van der Waals surface area (Å²) in [5, 5.41) is 22.6. The molecular weight excluding hydrogens is 447 g/mol. The third-order valence-corrected chi connectivity index (χ3v) is 5.43. The summed E-state index contributed by atoms with van der Waals surface area (Å²) in [5.41, 5.74) is -0.856. The van der Waals surface area contributed by atoms with Crippen LogP contribution in [0.1, 0.15) is 23.9 Å². The van der Waals surface area contributed by atoms with Crippen molar-refractivity contribution in [2.45, 2.75) is 36.1 Å². The van der Waals surface area contributed by atoms with Crippen LogP contribution in [0.5, 0.6) is 0 Å². The lowest BCUT2D eigenvalue weighted by Gasteiger charge is -2.12. The van der Waals surface area contributed by atoms with Gasteiger partial charge >= 0.3 is 6.18 Å². The van der Waals surface area contributed by atoms with Crippen LogP contribution in [-0.4, -0.2) is 32.1 Å². The van der Waals surface area contributed by atoms with Gasteiger partial charge < -0.3 is 9.88 Å². The number of alkyl halides is 3. The van der Waals surface area contributed by atoms with Crippen molar-refractivity contribution in [2.24, 2.45) is 0 Å². The number of nitro groups is 1. The van der Waals surface area contributed by atoms with Gasteiger partial charge in [-0.15, -0.1) is 10.2 Å². The predicted octanol–water partition coefficient (Wildman–Crippen LogP) is 4.08. The van der Waals surface area contributed by atoms with Gasteiger partial charge in [-0.2, -0.15) is 13.2 Å². The smallest absolute Gasteiger partial charge is 0.356 e.